The zero-order valence-corrected chi connectivity index (χ0v) is 10.2. The van der Waals surface area contributed by atoms with Crippen molar-refractivity contribution in [3.05, 3.63) is 0 Å². The maximum atomic E-state index is 11.4. The number of nitrogens with one attached hydrogen (secondary N) is 1. The molecule has 0 rings (SSSR count). The molecule has 0 aliphatic carbocycles. The van der Waals surface area contributed by atoms with Crippen molar-refractivity contribution in [2.45, 2.75) is 52.4 Å². The molecule has 1 amide bonds. The second-order valence-electron chi connectivity index (χ2n) is 4.12. The highest BCUT2D eigenvalue weighted by molar-refractivity contribution is 5.76. The van der Waals surface area contributed by atoms with Gasteiger partial charge in [-0.3, -0.25) is 4.79 Å². The van der Waals surface area contributed by atoms with Gasteiger partial charge in [-0.2, -0.15) is 0 Å². The largest absolute Gasteiger partial charge is 0.356 e. The van der Waals surface area contributed by atoms with Crippen molar-refractivity contribution in [1.82, 2.24) is 5.32 Å². The molecule has 0 radical (unpaired) electrons. The van der Waals surface area contributed by atoms with Crippen LogP contribution in [0, 0.1) is 5.92 Å². The normalized spacial score (nSPS) is 12.5. The summed E-state index contributed by atoms with van der Waals surface area (Å²) >= 11 is 0. The molecule has 0 aliphatic heterocycles. The van der Waals surface area contributed by atoms with Crippen LogP contribution in [0.1, 0.15) is 52.4 Å². The van der Waals surface area contributed by atoms with E-state index in [0.717, 1.165) is 19.4 Å². The van der Waals surface area contributed by atoms with Gasteiger partial charge in [0.1, 0.15) is 0 Å². The van der Waals surface area contributed by atoms with E-state index in [2.05, 4.69) is 19.2 Å². The minimum Gasteiger partial charge on any atom is -0.356 e. The Hall–Kier alpha value is -0.570. The van der Waals surface area contributed by atoms with E-state index in [4.69, 9.17) is 5.73 Å². The molecule has 0 saturated carbocycles. The highest BCUT2D eigenvalue weighted by atomic mass is 16.1. The summed E-state index contributed by atoms with van der Waals surface area (Å²) in [6.07, 6.45) is 6.37. The lowest BCUT2D eigenvalue weighted by molar-refractivity contribution is -0.122. The van der Waals surface area contributed by atoms with Crippen molar-refractivity contribution in [2.24, 2.45) is 11.7 Å². The van der Waals surface area contributed by atoms with Gasteiger partial charge < -0.3 is 11.1 Å². The topological polar surface area (TPSA) is 55.1 Å². The fraction of sp³-hybridized carbons (Fsp3) is 0.917. The predicted octanol–water partition coefficient (Wildman–Crippen LogP) is 2.06. The highest BCUT2D eigenvalue weighted by Crippen LogP contribution is 2.05. The maximum Gasteiger partial charge on any atom is 0.220 e. The average molecular weight is 214 g/mol. The third-order valence-electron chi connectivity index (χ3n) is 2.74. The smallest absolute Gasteiger partial charge is 0.220 e. The fourth-order valence-electron chi connectivity index (χ4n) is 1.51. The summed E-state index contributed by atoms with van der Waals surface area (Å²) in [5.41, 5.74) is 5.55. The Morgan fingerprint density at radius 1 is 1.27 bits per heavy atom. The minimum absolute atomic E-state index is 0.156. The molecule has 90 valence electrons. The van der Waals surface area contributed by atoms with Crippen molar-refractivity contribution in [2.75, 3.05) is 13.1 Å². The molecule has 0 saturated heterocycles. The fourth-order valence-corrected chi connectivity index (χ4v) is 1.51. The molecule has 1 atom stereocenters. The molecule has 3 nitrogen and oxygen atoms in total. The number of carbonyl (C=O) groups is 1. The molecule has 0 aromatic rings. The van der Waals surface area contributed by atoms with Crippen LogP contribution >= 0.6 is 0 Å². The van der Waals surface area contributed by atoms with Gasteiger partial charge in [-0.25, -0.2) is 0 Å². The Kier molecular flexibility index (Phi) is 9.59. The molecule has 0 aliphatic rings. The number of amides is 1. The highest BCUT2D eigenvalue weighted by Gasteiger charge is 2.09. The van der Waals surface area contributed by atoms with Crippen LogP contribution in [0.5, 0.6) is 0 Å². The summed E-state index contributed by atoms with van der Waals surface area (Å²) in [6.45, 7) is 5.69. The van der Waals surface area contributed by atoms with Crippen molar-refractivity contribution in [3.63, 3.8) is 0 Å². The van der Waals surface area contributed by atoms with Gasteiger partial charge in [0.2, 0.25) is 5.91 Å². The average Bonchev–Trinajstić information content (AvgIpc) is 2.25. The number of hydrogen-bond donors (Lipinski definition) is 2. The molecule has 15 heavy (non-hydrogen) atoms. The van der Waals surface area contributed by atoms with Crippen LogP contribution in [0.2, 0.25) is 0 Å². The van der Waals surface area contributed by atoms with E-state index in [0.29, 0.717) is 18.9 Å². The second kappa shape index (κ2) is 9.97. The molecule has 0 spiro atoms. The molecule has 0 heterocycles. The lowest BCUT2D eigenvalue weighted by atomic mass is 10.0. The van der Waals surface area contributed by atoms with Crippen LogP contribution in [-0.4, -0.2) is 19.0 Å². The maximum absolute atomic E-state index is 11.4. The molecular formula is C12H26N2O. The Labute approximate surface area is 93.8 Å². The summed E-state index contributed by atoms with van der Waals surface area (Å²) in [6, 6.07) is 0. The lowest BCUT2D eigenvalue weighted by Crippen LogP contribution is -2.28. The van der Waals surface area contributed by atoms with Crippen LogP contribution in [0.25, 0.3) is 0 Å². The third-order valence-corrected chi connectivity index (χ3v) is 2.74. The molecule has 3 N–H and O–H groups in total. The van der Waals surface area contributed by atoms with Gasteiger partial charge in [0.25, 0.3) is 0 Å². The Balaban J connectivity index is 3.40. The minimum atomic E-state index is 0.156. The summed E-state index contributed by atoms with van der Waals surface area (Å²) in [7, 11) is 0. The van der Waals surface area contributed by atoms with Gasteiger partial charge in [0, 0.05) is 13.0 Å². The monoisotopic (exact) mass is 214 g/mol. The zero-order chi connectivity index (χ0) is 11.5. The van der Waals surface area contributed by atoms with Crippen LogP contribution in [0.4, 0.5) is 0 Å². The van der Waals surface area contributed by atoms with E-state index >= 15 is 0 Å². The van der Waals surface area contributed by atoms with Gasteiger partial charge in [-0.1, -0.05) is 39.5 Å². The Morgan fingerprint density at radius 2 is 2.00 bits per heavy atom. The molecule has 0 fully saturated rings. The lowest BCUT2D eigenvalue weighted by Gasteiger charge is -2.11. The van der Waals surface area contributed by atoms with Gasteiger partial charge >= 0.3 is 0 Å². The first-order chi connectivity index (χ1) is 7.24. The van der Waals surface area contributed by atoms with Crippen LogP contribution in [-0.2, 0) is 4.79 Å². The van der Waals surface area contributed by atoms with Crippen molar-refractivity contribution >= 4 is 5.91 Å². The zero-order valence-electron chi connectivity index (χ0n) is 10.2. The van der Waals surface area contributed by atoms with Crippen molar-refractivity contribution in [3.8, 4) is 0 Å². The molecule has 0 aromatic carbocycles. The van der Waals surface area contributed by atoms with Gasteiger partial charge in [-0.05, 0) is 18.9 Å². The summed E-state index contributed by atoms with van der Waals surface area (Å²) < 4.78 is 0. The summed E-state index contributed by atoms with van der Waals surface area (Å²) in [4.78, 5) is 11.4. The molecule has 0 aromatic heterocycles. The standard InChI is InChI=1S/C12H26N2O/c1-3-5-6-7-8-14-12(15)9-11(4-2)10-13/h11H,3-10,13H2,1-2H3,(H,14,15). The molecule has 3 heteroatoms. The van der Waals surface area contributed by atoms with Gasteiger partial charge in [0.15, 0.2) is 0 Å². The second-order valence-corrected chi connectivity index (χ2v) is 4.12. The quantitative estimate of drug-likeness (QED) is 0.577. The van der Waals surface area contributed by atoms with E-state index in [1.807, 2.05) is 0 Å². The van der Waals surface area contributed by atoms with E-state index in [-0.39, 0.29) is 5.91 Å². The van der Waals surface area contributed by atoms with E-state index in [1.165, 1.54) is 19.3 Å². The molecule has 1 unspecified atom stereocenters. The Bertz CT molecular complexity index is 156. The van der Waals surface area contributed by atoms with Crippen LogP contribution in [0.15, 0.2) is 0 Å². The van der Waals surface area contributed by atoms with E-state index in [1.54, 1.807) is 0 Å². The number of carbonyl (C=O) groups excluding carboxylic acids is 1. The predicted molar refractivity (Wildman–Crippen MR) is 64.6 cm³/mol. The molecule has 0 bridgehead atoms. The first kappa shape index (κ1) is 14.4. The summed E-state index contributed by atoms with van der Waals surface area (Å²) in [5.74, 6) is 0.504. The van der Waals surface area contributed by atoms with Gasteiger partial charge in [0.05, 0.1) is 0 Å². The first-order valence-electron chi connectivity index (χ1n) is 6.21. The number of nitrogens with two attached hydrogens (primary N) is 1. The van der Waals surface area contributed by atoms with Crippen LogP contribution < -0.4 is 11.1 Å². The first-order valence-corrected chi connectivity index (χ1v) is 6.21. The third kappa shape index (κ3) is 8.43. The SMILES string of the molecule is CCCCCCNC(=O)CC(CC)CN. The van der Waals surface area contributed by atoms with E-state index in [9.17, 15) is 4.79 Å². The number of hydrogen-bond acceptors (Lipinski definition) is 2. The number of rotatable bonds is 9. The number of unbranched alkanes of at least 4 members (excludes halogenated alkanes) is 3. The van der Waals surface area contributed by atoms with E-state index < -0.39 is 0 Å². The molecular weight excluding hydrogens is 188 g/mol. The van der Waals surface area contributed by atoms with Crippen molar-refractivity contribution < 1.29 is 4.79 Å². The van der Waals surface area contributed by atoms with Crippen molar-refractivity contribution in [1.29, 1.82) is 0 Å². The van der Waals surface area contributed by atoms with Crippen LogP contribution in [0.3, 0.4) is 0 Å². The Morgan fingerprint density at radius 3 is 2.53 bits per heavy atom. The van der Waals surface area contributed by atoms with Gasteiger partial charge in [-0.15, -0.1) is 0 Å². The summed E-state index contributed by atoms with van der Waals surface area (Å²) in [5, 5.41) is 2.95.